The number of hydrogen-bond donors (Lipinski definition) is 0. The summed E-state index contributed by atoms with van der Waals surface area (Å²) in [6, 6.07) is 6.48. The zero-order valence-corrected chi connectivity index (χ0v) is 9.51. The molecule has 1 aliphatic rings. The average Bonchev–Trinajstić information content (AvgIpc) is 2.27. The Kier molecular flexibility index (Phi) is 2.77. The number of rotatable bonds is 1. The molecule has 0 saturated heterocycles. The van der Waals surface area contributed by atoms with Gasteiger partial charge in [-0.25, -0.2) is 0 Å². The Balaban J connectivity index is 2.60. The number of aryl methyl sites for hydroxylation is 1. The molecule has 2 rings (SSSR count). The van der Waals surface area contributed by atoms with Crippen molar-refractivity contribution in [3.8, 4) is 6.07 Å². The quantitative estimate of drug-likeness (QED) is 0.678. The summed E-state index contributed by atoms with van der Waals surface area (Å²) in [6.07, 6.45) is 4.94. The Morgan fingerprint density at radius 3 is 2.60 bits per heavy atom. The Morgan fingerprint density at radius 1 is 1.20 bits per heavy atom. The van der Waals surface area contributed by atoms with E-state index in [0.29, 0.717) is 5.92 Å². The molecule has 0 radical (unpaired) electrons. The minimum atomic E-state index is 0.465. The fourth-order valence-corrected chi connectivity index (χ4v) is 2.61. The molecule has 0 fully saturated rings. The van der Waals surface area contributed by atoms with Gasteiger partial charge in [0.15, 0.2) is 0 Å². The van der Waals surface area contributed by atoms with Gasteiger partial charge in [-0.1, -0.05) is 19.9 Å². The van der Waals surface area contributed by atoms with E-state index in [2.05, 4.69) is 26.0 Å². The van der Waals surface area contributed by atoms with E-state index in [0.717, 1.165) is 5.56 Å². The zero-order valence-electron chi connectivity index (χ0n) is 9.51. The van der Waals surface area contributed by atoms with E-state index in [-0.39, 0.29) is 0 Å². The van der Waals surface area contributed by atoms with Crippen LogP contribution in [0.2, 0.25) is 0 Å². The lowest BCUT2D eigenvalue weighted by Gasteiger charge is -2.22. The topological polar surface area (TPSA) is 23.8 Å². The molecule has 78 valence electrons. The fraction of sp³-hybridized carbons (Fsp3) is 0.500. The van der Waals surface area contributed by atoms with Gasteiger partial charge >= 0.3 is 0 Å². The fourth-order valence-electron chi connectivity index (χ4n) is 2.61. The highest BCUT2D eigenvalue weighted by Crippen LogP contribution is 2.31. The minimum Gasteiger partial charge on any atom is -0.192 e. The second-order valence-corrected chi connectivity index (χ2v) is 4.64. The summed E-state index contributed by atoms with van der Waals surface area (Å²) >= 11 is 0. The molecule has 0 amide bonds. The maximum Gasteiger partial charge on any atom is 0.0994 e. The molecule has 0 unspecified atom stereocenters. The molecule has 15 heavy (non-hydrogen) atoms. The molecule has 0 heterocycles. The second-order valence-electron chi connectivity index (χ2n) is 4.64. The van der Waals surface area contributed by atoms with E-state index in [1.807, 2.05) is 6.07 Å². The van der Waals surface area contributed by atoms with Crippen molar-refractivity contribution >= 4 is 0 Å². The molecule has 0 atom stereocenters. The SMILES string of the molecule is CC(C)c1c(C#N)ccc2c1CCCC2. The Morgan fingerprint density at radius 2 is 1.93 bits per heavy atom. The molecule has 0 saturated carbocycles. The summed E-state index contributed by atoms with van der Waals surface area (Å²) in [5.74, 6) is 0.465. The molecule has 1 aromatic rings. The van der Waals surface area contributed by atoms with Gasteiger partial charge in [-0.15, -0.1) is 0 Å². The van der Waals surface area contributed by atoms with Gasteiger partial charge in [0, 0.05) is 0 Å². The Bertz CT molecular complexity index is 410. The molecule has 1 nitrogen and oxygen atoms in total. The third-order valence-electron chi connectivity index (χ3n) is 3.27. The summed E-state index contributed by atoms with van der Waals surface area (Å²) in [7, 11) is 0. The van der Waals surface area contributed by atoms with Gasteiger partial charge in [-0.05, 0) is 54.4 Å². The van der Waals surface area contributed by atoms with Crippen molar-refractivity contribution in [1.82, 2.24) is 0 Å². The molecule has 1 heteroatoms. The third-order valence-corrected chi connectivity index (χ3v) is 3.27. The van der Waals surface area contributed by atoms with E-state index in [9.17, 15) is 0 Å². The van der Waals surface area contributed by atoms with Gasteiger partial charge in [-0.3, -0.25) is 0 Å². The Hall–Kier alpha value is -1.29. The van der Waals surface area contributed by atoms with Crippen LogP contribution in [0.3, 0.4) is 0 Å². The highest BCUT2D eigenvalue weighted by molar-refractivity contribution is 5.49. The van der Waals surface area contributed by atoms with Crippen LogP contribution in [-0.2, 0) is 12.8 Å². The van der Waals surface area contributed by atoms with Gasteiger partial charge in [0.2, 0.25) is 0 Å². The normalized spacial score (nSPS) is 14.8. The summed E-state index contributed by atoms with van der Waals surface area (Å²) in [5.41, 5.74) is 5.12. The van der Waals surface area contributed by atoms with E-state index >= 15 is 0 Å². The first-order valence-corrected chi connectivity index (χ1v) is 5.78. The molecule has 0 N–H and O–H groups in total. The van der Waals surface area contributed by atoms with Crippen LogP contribution in [0.5, 0.6) is 0 Å². The van der Waals surface area contributed by atoms with Crippen molar-refractivity contribution in [2.45, 2.75) is 45.4 Å². The predicted molar refractivity (Wildman–Crippen MR) is 61.9 cm³/mol. The number of fused-ring (bicyclic) bond motifs is 1. The molecule has 1 aliphatic carbocycles. The van der Waals surface area contributed by atoms with E-state index in [1.54, 1.807) is 0 Å². The predicted octanol–water partition coefficient (Wildman–Crippen LogP) is 3.56. The lowest BCUT2D eigenvalue weighted by atomic mass is 9.82. The van der Waals surface area contributed by atoms with Crippen LogP contribution in [0.4, 0.5) is 0 Å². The molecule has 0 aromatic heterocycles. The summed E-state index contributed by atoms with van der Waals surface area (Å²) < 4.78 is 0. The van der Waals surface area contributed by atoms with E-state index < -0.39 is 0 Å². The number of nitriles is 1. The smallest absolute Gasteiger partial charge is 0.0994 e. The first-order chi connectivity index (χ1) is 7.24. The van der Waals surface area contributed by atoms with Crippen molar-refractivity contribution in [3.63, 3.8) is 0 Å². The standard InChI is InChI=1S/C14H17N/c1-10(2)14-12(9-15)8-7-11-5-3-4-6-13(11)14/h7-8,10H,3-6H2,1-2H3. The highest BCUT2D eigenvalue weighted by atomic mass is 14.3. The largest absolute Gasteiger partial charge is 0.192 e. The molecule has 0 aliphatic heterocycles. The maximum absolute atomic E-state index is 9.12. The summed E-state index contributed by atoms with van der Waals surface area (Å²) in [4.78, 5) is 0. The molecule has 0 bridgehead atoms. The average molecular weight is 199 g/mol. The van der Waals surface area contributed by atoms with E-state index in [1.165, 1.54) is 42.4 Å². The molecule has 1 aromatic carbocycles. The van der Waals surface area contributed by atoms with Crippen LogP contribution in [-0.4, -0.2) is 0 Å². The van der Waals surface area contributed by atoms with E-state index in [4.69, 9.17) is 5.26 Å². The van der Waals surface area contributed by atoms with Crippen LogP contribution in [0.25, 0.3) is 0 Å². The van der Waals surface area contributed by atoms with Gasteiger partial charge in [0.05, 0.1) is 11.6 Å². The van der Waals surface area contributed by atoms with Crippen molar-refractivity contribution < 1.29 is 0 Å². The molecular formula is C14H17N. The first-order valence-electron chi connectivity index (χ1n) is 5.78. The Labute approximate surface area is 91.7 Å². The van der Waals surface area contributed by atoms with Crippen molar-refractivity contribution in [2.24, 2.45) is 0 Å². The van der Waals surface area contributed by atoms with Gasteiger partial charge < -0.3 is 0 Å². The van der Waals surface area contributed by atoms with Crippen LogP contribution >= 0.6 is 0 Å². The monoisotopic (exact) mass is 199 g/mol. The summed E-state index contributed by atoms with van der Waals surface area (Å²) in [5, 5.41) is 9.12. The number of hydrogen-bond acceptors (Lipinski definition) is 1. The van der Waals surface area contributed by atoms with Gasteiger partial charge in [0.25, 0.3) is 0 Å². The third kappa shape index (κ3) is 1.77. The zero-order chi connectivity index (χ0) is 10.8. The van der Waals surface area contributed by atoms with Gasteiger partial charge in [-0.2, -0.15) is 5.26 Å². The maximum atomic E-state index is 9.12. The highest BCUT2D eigenvalue weighted by Gasteiger charge is 2.18. The first kappa shape index (κ1) is 10.2. The van der Waals surface area contributed by atoms with Gasteiger partial charge in [0.1, 0.15) is 0 Å². The lowest BCUT2D eigenvalue weighted by Crippen LogP contribution is -2.09. The van der Waals surface area contributed by atoms with Crippen LogP contribution in [0.15, 0.2) is 12.1 Å². The molecule has 0 spiro atoms. The lowest BCUT2D eigenvalue weighted by molar-refractivity contribution is 0.670. The van der Waals surface area contributed by atoms with Crippen molar-refractivity contribution in [3.05, 3.63) is 34.4 Å². The molecular weight excluding hydrogens is 182 g/mol. The minimum absolute atomic E-state index is 0.465. The van der Waals surface area contributed by atoms with Crippen molar-refractivity contribution in [1.29, 1.82) is 5.26 Å². The second kappa shape index (κ2) is 4.06. The van der Waals surface area contributed by atoms with Crippen LogP contribution < -0.4 is 0 Å². The van der Waals surface area contributed by atoms with Crippen LogP contribution in [0.1, 0.15) is 54.9 Å². The van der Waals surface area contributed by atoms with Crippen molar-refractivity contribution in [2.75, 3.05) is 0 Å². The van der Waals surface area contributed by atoms with Crippen LogP contribution in [0, 0.1) is 11.3 Å². The summed E-state index contributed by atoms with van der Waals surface area (Å²) in [6.45, 7) is 4.37. The number of benzene rings is 1. The number of nitrogens with zero attached hydrogens (tertiary/aromatic N) is 1.